The van der Waals surface area contributed by atoms with E-state index >= 15 is 0 Å². The van der Waals surface area contributed by atoms with Crippen LogP contribution >= 0.6 is 0 Å². The monoisotopic (exact) mass is 212 g/mol. The second-order valence-electron chi connectivity index (χ2n) is 3.27. The van der Waals surface area contributed by atoms with Crippen molar-refractivity contribution >= 4 is 5.97 Å². The predicted molar refractivity (Wildman–Crippen MR) is 51.4 cm³/mol. The number of aliphatic carboxylic acids is 1. The van der Waals surface area contributed by atoms with Crippen LogP contribution in [0.25, 0.3) is 0 Å². The molecule has 1 rings (SSSR count). The Kier molecular flexibility index (Phi) is 3.28. The molecule has 2 atom stereocenters. The lowest BCUT2D eigenvalue weighted by atomic mass is 9.99. The SMILES string of the molecule is Cc1cc(O)ccc1C(O)C(O)C(=O)O. The summed E-state index contributed by atoms with van der Waals surface area (Å²) in [6.45, 7) is 1.60. The summed E-state index contributed by atoms with van der Waals surface area (Å²) in [5.74, 6) is -1.47. The van der Waals surface area contributed by atoms with Crippen LogP contribution in [-0.2, 0) is 4.79 Å². The molecule has 82 valence electrons. The fraction of sp³-hybridized carbons (Fsp3) is 0.300. The van der Waals surface area contributed by atoms with Crippen molar-refractivity contribution in [2.24, 2.45) is 0 Å². The van der Waals surface area contributed by atoms with E-state index in [1.807, 2.05) is 0 Å². The summed E-state index contributed by atoms with van der Waals surface area (Å²) in [5.41, 5.74) is 0.797. The normalized spacial score (nSPS) is 14.6. The van der Waals surface area contributed by atoms with Gasteiger partial charge in [0, 0.05) is 0 Å². The highest BCUT2D eigenvalue weighted by Gasteiger charge is 2.26. The van der Waals surface area contributed by atoms with Gasteiger partial charge >= 0.3 is 5.97 Å². The van der Waals surface area contributed by atoms with E-state index in [2.05, 4.69) is 0 Å². The Morgan fingerprint density at radius 2 is 1.93 bits per heavy atom. The Balaban J connectivity index is 3.01. The van der Waals surface area contributed by atoms with Crippen LogP contribution < -0.4 is 0 Å². The second-order valence-corrected chi connectivity index (χ2v) is 3.27. The lowest BCUT2D eigenvalue weighted by Gasteiger charge is -2.16. The van der Waals surface area contributed by atoms with Gasteiger partial charge in [-0.15, -0.1) is 0 Å². The molecule has 2 unspecified atom stereocenters. The van der Waals surface area contributed by atoms with Gasteiger partial charge in [-0.1, -0.05) is 6.07 Å². The summed E-state index contributed by atoms with van der Waals surface area (Å²) in [4.78, 5) is 10.4. The molecule has 0 heterocycles. The molecule has 5 nitrogen and oxygen atoms in total. The van der Waals surface area contributed by atoms with Crippen LogP contribution in [0, 0.1) is 6.92 Å². The summed E-state index contributed by atoms with van der Waals surface area (Å²) >= 11 is 0. The molecule has 0 aromatic heterocycles. The van der Waals surface area contributed by atoms with Gasteiger partial charge in [-0.25, -0.2) is 4.79 Å². The lowest BCUT2D eigenvalue weighted by Crippen LogP contribution is -2.27. The predicted octanol–water partition coefficient (Wildman–Crippen LogP) is 0.180. The van der Waals surface area contributed by atoms with Crippen molar-refractivity contribution in [1.29, 1.82) is 0 Å². The maximum atomic E-state index is 10.4. The first-order valence-electron chi connectivity index (χ1n) is 4.32. The van der Waals surface area contributed by atoms with Gasteiger partial charge in [-0.05, 0) is 30.2 Å². The third kappa shape index (κ3) is 2.45. The second kappa shape index (κ2) is 4.29. The third-order valence-electron chi connectivity index (χ3n) is 2.12. The van der Waals surface area contributed by atoms with Crippen molar-refractivity contribution in [2.75, 3.05) is 0 Å². The number of carboxylic acid groups (broad SMARTS) is 1. The van der Waals surface area contributed by atoms with Crippen LogP contribution in [0.1, 0.15) is 17.2 Å². The number of aliphatic hydroxyl groups excluding tert-OH is 2. The number of benzene rings is 1. The van der Waals surface area contributed by atoms with Gasteiger partial charge in [0.1, 0.15) is 11.9 Å². The minimum atomic E-state index is -1.87. The van der Waals surface area contributed by atoms with Crippen molar-refractivity contribution < 1.29 is 25.2 Å². The van der Waals surface area contributed by atoms with E-state index in [4.69, 9.17) is 15.3 Å². The summed E-state index contributed by atoms with van der Waals surface area (Å²) < 4.78 is 0. The topological polar surface area (TPSA) is 98.0 Å². The first-order valence-corrected chi connectivity index (χ1v) is 4.32. The van der Waals surface area contributed by atoms with E-state index < -0.39 is 18.2 Å². The molecule has 0 saturated carbocycles. The number of aliphatic hydroxyl groups is 2. The molecule has 0 spiro atoms. The zero-order valence-corrected chi connectivity index (χ0v) is 8.08. The Morgan fingerprint density at radius 1 is 1.33 bits per heavy atom. The van der Waals surface area contributed by atoms with E-state index in [1.54, 1.807) is 6.92 Å². The molecular weight excluding hydrogens is 200 g/mol. The quantitative estimate of drug-likeness (QED) is 0.573. The average Bonchev–Trinajstić information content (AvgIpc) is 2.15. The van der Waals surface area contributed by atoms with Crippen molar-refractivity contribution in [1.82, 2.24) is 0 Å². The fourth-order valence-electron chi connectivity index (χ4n) is 1.30. The molecule has 4 N–H and O–H groups in total. The molecular formula is C10H12O5. The summed E-state index contributed by atoms with van der Waals surface area (Å²) in [7, 11) is 0. The Bertz CT molecular complexity index is 374. The number of phenolic OH excluding ortho intramolecular Hbond substituents is 1. The molecule has 0 bridgehead atoms. The van der Waals surface area contributed by atoms with Crippen molar-refractivity contribution in [3.63, 3.8) is 0 Å². The van der Waals surface area contributed by atoms with E-state index in [-0.39, 0.29) is 11.3 Å². The maximum absolute atomic E-state index is 10.4. The highest BCUT2D eigenvalue weighted by atomic mass is 16.4. The number of carbonyl (C=O) groups is 1. The maximum Gasteiger partial charge on any atom is 0.335 e. The van der Waals surface area contributed by atoms with Gasteiger partial charge in [0.25, 0.3) is 0 Å². The van der Waals surface area contributed by atoms with Crippen LogP contribution in [0.4, 0.5) is 0 Å². The zero-order valence-electron chi connectivity index (χ0n) is 8.08. The molecule has 5 heteroatoms. The van der Waals surface area contributed by atoms with Crippen LogP contribution in [0.5, 0.6) is 5.75 Å². The summed E-state index contributed by atoms with van der Waals surface area (Å²) in [6.07, 6.45) is -3.36. The third-order valence-corrected chi connectivity index (χ3v) is 2.12. The van der Waals surface area contributed by atoms with Crippen LogP contribution in [0.2, 0.25) is 0 Å². The smallest absolute Gasteiger partial charge is 0.335 e. The average molecular weight is 212 g/mol. The largest absolute Gasteiger partial charge is 0.508 e. The Hall–Kier alpha value is -1.59. The minimum Gasteiger partial charge on any atom is -0.508 e. The van der Waals surface area contributed by atoms with Crippen molar-refractivity contribution in [2.45, 2.75) is 19.1 Å². The molecule has 0 saturated heterocycles. The zero-order chi connectivity index (χ0) is 11.6. The lowest BCUT2D eigenvalue weighted by molar-refractivity contribution is -0.153. The van der Waals surface area contributed by atoms with Gasteiger partial charge in [0.15, 0.2) is 6.10 Å². The number of aromatic hydroxyl groups is 1. The molecule has 1 aromatic rings. The van der Waals surface area contributed by atoms with Crippen molar-refractivity contribution in [3.8, 4) is 5.75 Å². The minimum absolute atomic E-state index is 0.0215. The molecule has 0 aliphatic carbocycles. The standard InChI is InChI=1S/C10H12O5/c1-5-4-6(11)2-3-7(5)8(12)9(13)10(14)15/h2-4,8-9,11-13H,1H3,(H,14,15). The van der Waals surface area contributed by atoms with Gasteiger partial charge < -0.3 is 20.4 Å². The van der Waals surface area contributed by atoms with Crippen LogP contribution in [-0.4, -0.2) is 32.5 Å². The summed E-state index contributed by atoms with van der Waals surface area (Å²) in [6, 6.07) is 4.08. The van der Waals surface area contributed by atoms with Gasteiger partial charge in [0.2, 0.25) is 0 Å². The highest BCUT2D eigenvalue weighted by molar-refractivity contribution is 5.73. The van der Waals surface area contributed by atoms with E-state index in [1.165, 1.54) is 18.2 Å². The Morgan fingerprint density at radius 3 is 2.40 bits per heavy atom. The van der Waals surface area contributed by atoms with Crippen LogP contribution in [0.3, 0.4) is 0 Å². The van der Waals surface area contributed by atoms with E-state index in [0.29, 0.717) is 5.56 Å². The number of rotatable bonds is 3. The fourth-order valence-corrected chi connectivity index (χ4v) is 1.30. The Labute approximate surface area is 86.2 Å². The first kappa shape index (κ1) is 11.5. The van der Waals surface area contributed by atoms with Crippen molar-refractivity contribution in [3.05, 3.63) is 29.3 Å². The molecule has 0 radical (unpaired) electrons. The van der Waals surface area contributed by atoms with Gasteiger partial charge in [-0.3, -0.25) is 0 Å². The van der Waals surface area contributed by atoms with E-state index in [9.17, 15) is 9.90 Å². The molecule has 0 fully saturated rings. The molecule has 0 amide bonds. The summed E-state index contributed by atoms with van der Waals surface area (Å²) in [5, 5.41) is 36.3. The van der Waals surface area contributed by atoms with E-state index in [0.717, 1.165) is 0 Å². The number of carboxylic acids is 1. The molecule has 0 aliphatic heterocycles. The number of hydrogen-bond donors (Lipinski definition) is 4. The molecule has 0 aliphatic rings. The molecule has 15 heavy (non-hydrogen) atoms. The number of aryl methyl sites for hydroxylation is 1. The number of phenols is 1. The first-order chi connectivity index (χ1) is 6.93. The highest BCUT2D eigenvalue weighted by Crippen LogP contribution is 2.24. The van der Waals surface area contributed by atoms with Gasteiger partial charge in [0.05, 0.1) is 0 Å². The van der Waals surface area contributed by atoms with Crippen LogP contribution in [0.15, 0.2) is 18.2 Å². The molecule has 1 aromatic carbocycles. The van der Waals surface area contributed by atoms with Gasteiger partial charge in [-0.2, -0.15) is 0 Å². The number of hydrogen-bond acceptors (Lipinski definition) is 4.